The summed E-state index contributed by atoms with van der Waals surface area (Å²) >= 11 is 1.48. The van der Waals surface area contributed by atoms with Crippen LogP contribution < -0.4 is 14.8 Å². The number of hydrogen-bond acceptors (Lipinski definition) is 6. The first kappa shape index (κ1) is 23.6. The Morgan fingerprint density at radius 1 is 0.941 bits per heavy atom. The Hall–Kier alpha value is -3.53. The van der Waals surface area contributed by atoms with Gasteiger partial charge in [-0.2, -0.15) is 0 Å². The number of nitrogens with one attached hydrogen (secondary N) is 2. The molecule has 34 heavy (non-hydrogen) atoms. The van der Waals surface area contributed by atoms with Gasteiger partial charge in [0.25, 0.3) is 5.91 Å². The molecule has 1 amide bonds. The number of rotatable bonds is 10. The minimum atomic E-state index is -3.66. The monoisotopic (exact) mass is 493 g/mol. The molecule has 0 aliphatic rings. The second-order valence-electron chi connectivity index (χ2n) is 7.37. The van der Waals surface area contributed by atoms with Crippen molar-refractivity contribution < 1.29 is 17.9 Å². The Balaban J connectivity index is 1.30. The zero-order chi connectivity index (χ0) is 23.8. The Morgan fingerprint density at radius 2 is 1.79 bits per heavy atom. The van der Waals surface area contributed by atoms with E-state index in [1.54, 1.807) is 6.20 Å². The van der Waals surface area contributed by atoms with Gasteiger partial charge in [0.05, 0.1) is 10.6 Å². The summed E-state index contributed by atoms with van der Waals surface area (Å²) in [7, 11) is -3.66. The number of carbonyl (C=O) groups is 1. The number of pyridine rings is 1. The van der Waals surface area contributed by atoms with Crippen LogP contribution >= 0.6 is 11.3 Å². The van der Waals surface area contributed by atoms with E-state index >= 15 is 0 Å². The number of ether oxygens (including phenoxy) is 1. The molecule has 0 unspecified atom stereocenters. The van der Waals surface area contributed by atoms with Crippen molar-refractivity contribution in [3.8, 4) is 5.75 Å². The maximum atomic E-state index is 12.5. The molecule has 2 aromatic heterocycles. The maximum absolute atomic E-state index is 12.5. The lowest BCUT2D eigenvalue weighted by molar-refractivity contribution is 0.0950. The third-order valence-electron chi connectivity index (χ3n) is 4.91. The van der Waals surface area contributed by atoms with Crippen LogP contribution in [-0.4, -0.2) is 19.3 Å². The normalized spacial score (nSPS) is 11.2. The van der Waals surface area contributed by atoms with Crippen molar-refractivity contribution in [1.29, 1.82) is 0 Å². The maximum Gasteiger partial charge on any atom is 0.251 e. The van der Waals surface area contributed by atoms with Crippen molar-refractivity contribution in [2.45, 2.75) is 24.6 Å². The van der Waals surface area contributed by atoms with Gasteiger partial charge in [-0.3, -0.25) is 9.78 Å². The number of nitrogens with zero attached hydrogens (tertiary/aromatic N) is 1. The molecule has 0 fully saturated rings. The number of amides is 1. The van der Waals surface area contributed by atoms with Gasteiger partial charge < -0.3 is 10.1 Å². The highest BCUT2D eigenvalue weighted by atomic mass is 32.2. The highest BCUT2D eigenvalue weighted by Gasteiger charge is 2.15. The first-order chi connectivity index (χ1) is 16.5. The van der Waals surface area contributed by atoms with Gasteiger partial charge >= 0.3 is 0 Å². The SMILES string of the molecule is O=C(NCc1cccc(OCc2ccccn2)c1)c1ccc(S(=O)(=O)NCc2cccs2)cc1. The first-order valence-electron chi connectivity index (χ1n) is 10.5. The van der Waals surface area contributed by atoms with E-state index in [9.17, 15) is 13.2 Å². The molecule has 2 N–H and O–H groups in total. The van der Waals surface area contributed by atoms with Crippen LogP contribution in [0.2, 0.25) is 0 Å². The Labute approximate surface area is 202 Å². The Morgan fingerprint density at radius 3 is 2.53 bits per heavy atom. The molecule has 0 saturated heterocycles. The number of thiophene rings is 1. The average Bonchev–Trinajstić information content (AvgIpc) is 3.40. The molecule has 0 radical (unpaired) electrons. The van der Waals surface area contributed by atoms with E-state index in [1.807, 2.05) is 60.0 Å². The first-order valence-corrected chi connectivity index (χ1v) is 12.9. The van der Waals surface area contributed by atoms with Crippen LogP contribution in [0, 0.1) is 0 Å². The summed E-state index contributed by atoms with van der Waals surface area (Å²) in [5.74, 6) is 0.386. The lowest BCUT2D eigenvalue weighted by atomic mass is 10.2. The topological polar surface area (TPSA) is 97.4 Å². The highest BCUT2D eigenvalue weighted by molar-refractivity contribution is 7.89. The molecule has 2 aromatic carbocycles. The molecule has 7 nitrogen and oxygen atoms in total. The van der Waals surface area contributed by atoms with E-state index in [2.05, 4.69) is 15.0 Å². The number of benzene rings is 2. The van der Waals surface area contributed by atoms with E-state index < -0.39 is 10.0 Å². The van der Waals surface area contributed by atoms with Gasteiger partial charge in [-0.25, -0.2) is 13.1 Å². The predicted octanol–water partition coefficient (Wildman–Crippen LogP) is 4.13. The summed E-state index contributed by atoms with van der Waals surface area (Å²) < 4.78 is 33.3. The largest absolute Gasteiger partial charge is 0.487 e. The van der Waals surface area contributed by atoms with Crippen LogP contribution in [-0.2, 0) is 29.7 Å². The van der Waals surface area contributed by atoms with Crippen LogP contribution in [0.5, 0.6) is 5.75 Å². The standard InChI is InChI=1S/C25H23N3O4S2/c29-25(20-9-11-24(12-10-20)34(30,31)28-17-23-8-4-14-33-23)27-16-19-5-3-7-22(15-19)32-18-21-6-1-2-13-26-21/h1-15,28H,16-18H2,(H,27,29). The van der Waals surface area contributed by atoms with Gasteiger partial charge in [-0.15, -0.1) is 11.3 Å². The fraction of sp³-hybridized carbons (Fsp3) is 0.120. The van der Waals surface area contributed by atoms with Crippen molar-refractivity contribution in [2.75, 3.05) is 0 Å². The van der Waals surface area contributed by atoms with E-state index in [1.165, 1.54) is 35.6 Å². The number of sulfonamides is 1. The van der Waals surface area contributed by atoms with Gasteiger partial charge in [0.15, 0.2) is 0 Å². The van der Waals surface area contributed by atoms with Gasteiger partial charge in [-0.05, 0) is 65.5 Å². The third-order valence-corrected chi connectivity index (χ3v) is 7.20. The van der Waals surface area contributed by atoms with E-state index in [-0.39, 0.29) is 17.3 Å². The van der Waals surface area contributed by atoms with E-state index in [4.69, 9.17) is 4.74 Å². The summed E-state index contributed by atoms with van der Waals surface area (Å²) in [6, 6.07) is 22.7. The van der Waals surface area contributed by atoms with Gasteiger partial charge in [-0.1, -0.05) is 24.3 Å². The lowest BCUT2D eigenvalue weighted by Gasteiger charge is -2.10. The third kappa shape index (κ3) is 6.50. The number of hydrogen-bond donors (Lipinski definition) is 2. The number of carbonyl (C=O) groups excluding carboxylic acids is 1. The zero-order valence-corrected chi connectivity index (χ0v) is 19.8. The van der Waals surface area contributed by atoms with Gasteiger partial charge in [0, 0.05) is 29.7 Å². The van der Waals surface area contributed by atoms with Crippen LogP contribution in [0.15, 0.2) is 95.3 Å². The second kappa shape index (κ2) is 11.1. The smallest absolute Gasteiger partial charge is 0.251 e. The molecule has 0 spiro atoms. The van der Waals surface area contributed by atoms with Crippen LogP contribution in [0.3, 0.4) is 0 Å². The molecule has 174 valence electrons. The minimum absolute atomic E-state index is 0.110. The zero-order valence-electron chi connectivity index (χ0n) is 18.2. The molecular weight excluding hydrogens is 470 g/mol. The molecule has 0 saturated carbocycles. The molecule has 0 bridgehead atoms. The van der Waals surface area contributed by atoms with E-state index in [0.717, 1.165) is 16.1 Å². The second-order valence-corrected chi connectivity index (χ2v) is 10.2. The van der Waals surface area contributed by atoms with Gasteiger partial charge in [0.2, 0.25) is 10.0 Å². The van der Waals surface area contributed by atoms with E-state index in [0.29, 0.717) is 24.5 Å². The summed E-state index contributed by atoms with van der Waals surface area (Å²) in [4.78, 5) is 17.8. The molecule has 0 aliphatic heterocycles. The molecule has 9 heteroatoms. The lowest BCUT2D eigenvalue weighted by Crippen LogP contribution is -2.24. The fourth-order valence-corrected chi connectivity index (χ4v) is 4.86. The van der Waals surface area contributed by atoms with Crippen LogP contribution in [0.25, 0.3) is 0 Å². The van der Waals surface area contributed by atoms with Gasteiger partial charge in [0.1, 0.15) is 12.4 Å². The summed E-state index contributed by atoms with van der Waals surface area (Å²) in [6.07, 6.45) is 1.72. The number of aromatic nitrogens is 1. The average molecular weight is 494 g/mol. The molecule has 0 atom stereocenters. The Kier molecular flexibility index (Phi) is 7.69. The minimum Gasteiger partial charge on any atom is -0.487 e. The molecular formula is C25H23N3O4S2. The molecule has 2 heterocycles. The van der Waals surface area contributed by atoms with Crippen LogP contribution in [0.4, 0.5) is 0 Å². The highest BCUT2D eigenvalue weighted by Crippen LogP contribution is 2.16. The van der Waals surface area contributed by atoms with Crippen molar-refractivity contribution in [1.82, 2.24) is 15.0 Å². The van der Waals surface area contributed by atoms with Crippen molar-refractivity contribution in [3.63, 3.8) is 0 Å². The Bertz CT molecular complexity index is 1320. The summed E-state index contributed by atoms with van der Waals surface area (Å²) in [5, 5.41) is 4.74. The van der Waals surface area contributed by atoms with Crippen molar-refractivity contribution in [3.05, 3.63) is 112 Å². The van der Waals surface area contributed by atoms with Crippen molar-refractivity contribution in [2.24, 2.45) is 0 Å². The summed E-state index contributed by atoms with van der Waals surface area (Å²) in [6.45, 7) is 0.892. The molecule has 0 aliphatic carbocycles. The quantitative estimate of drug-likeness (QED) is 0.346. The fourth-order valence-electron chi connectivity index (χ4n) is 3.12. The predicted molar refractivity (Wildman–Crippen MR) is 131 cm³/mol. The van der Waals surface area contributed by atoms with Crippen LogP contribution in [0.1, 0.15) is 26.5 Å². The summed E-state index contributed by atoms with van der Waals surface area (Å²) in [5.41, 5.74) is 2.08. The van der Waals surface area contributed by atoms with Crippen molar-refractivity contribution >= 4 is 27.3 Å². The molecule has 4 rings (SSSR count). The molecule has 4 aromatic rings.